The molecule has 1 saturated carbocycles. The highest BCUT2D eigenvalue weighted by atomic mass is 35.5. The Balaban J connectivity index is 2.34. The van der Waals surface area contributed by atoms with Crippen molar-refractivity contribution in [3.8, 4) is 0 Å². The number of halogens is 2. The molecule has 1 atom stereocenters. The Labute approximate surface area is 107 Å². The third kappa shape index (κ3) is 2.21. The third-order valence-electron chi connectivity index (χ3n) is 4.02. The lowest BCUT2D eigenvalue weighted by molar-refractivity contribution is 0.181. The Morgan fingerprint density at radius 3 is 2.65 bits per heavy atom. The molecule has 1 aliphatic rings. The van der Waals surface area contributed by atoms with Crippen molar-refractivity contribution in [1.82, 2.24) is 0 Å². The van der Waals surface area contributed by atoms with Gasteiger partial charge >= 0.3 is 0 Å². The number of nitrogens with two attached hydrogens (primary N) is 1. The highest BCUT2D eigenvalue weighted by molar-refractivity contribution is 6.30. The van der Waals surface area contributed by atoms with Crippen molar-refractivity contribution in [3.63, 3.8) is 0 Å². The molecule has 0 aliphatic heterocycles. The first-order chi connectivity index (χ1) is 8.10. The zero-order chi connectivity index (χ0) is 12.5. The summed E-state index contributed by atoms with van der Waals surface area (Å²) in [6.45, 7) is 2.12. The summed E-state index contributed by atoms with van der Waals surface area (Å²) in [5, 5.41) is 0.449. The molecule has 3 heteroatoms. The van der Waals surface area contributed by atoms with Crippen molar-refractivity contribution in [3.05, 3.63) is 34.6 Å². The lowest BCUT2D eigenvalue weighted by Gasteiger charge is -2.47. The molecule has 2 N–H and O–H groups in total. The zero-order valence-electron chi connectivity index (χ0n) is 10.2. The Bertz CT molecular complexity index is 401. The van der Waals surface area contributed by atoms with E-state index in [4.69, 9.17) is 17.3 Å². The predicted molar refractivity (Wildman–Crippen MR) is 69.8 cm³/mol. The van der Waals surface area contributed by atoms with Gasteiger partial charge in [-0.05, 0) is 37.0 Å². The maximum absolute atomic E-state index is 14.0. The fraction of sp³-hybridized carbons (Fsp3) is 0.571. The molecular weight excluding hydrogens is 237 g/mol. The molecule has 1 aromatic rings. The summed E-state index contributed by atoms with van der Waals surface area (Å²) in [5.74, 6) is -0.205. The SMILES string of the molecule is CCCC(N)C1(c2ccc(Cl)cc2F)CCC1. The summed E-state index contributed by atoms with van der Waals surface area (Å²) >= 11 is 5.80. The quantitative estimate of drug-likeness (QED) is 0.864. The molecule has 1 nitrogen and oxygen atoms in total. The van der Waals surface area contributed by atoms with Crippen LogP contribution in [-0.2, 0) is 5.41 Å². The van der Waals surface area contributed by atoms with E-state index in [1.165, 1.54) is 6.07 Å². The van der Waals surface area contributed by atoms with Crippen LogP contribution in [0.15, 0.2) is 18.2 Å². The first kappa shape index (κ1) is 12.8. The Morgan fingerprint density at radius 1 is 1.47 bits per heavy atom. The summed E-state index contributed by atoms with van der Waals surface area (Å²) in [6, 6.07) is 5.03. The monoisotopic (exact) mass is 255 g/mol. The van der Waals surface area contributed by atoms with E-state index in [1.54, 1.807) is 6.07 Å². The van der Waals surface area contributed by atoms with Crippen LogP contribution >= 0.6 is 11.6 Å². The minimum Gasteiger partial charge on any atom is -0.327 e. The van der Waals surface area contributed by atoms with Gasteiger partial charge in [-0.1, -0.05) is 37.4 Å². The average Bonchev–Trinajstić information content (AvgIpc) is 2.20. The second-order valence-electron chi connectivity index (χ2n) is 5.03. The molecule has 0 heterocycles. The highest BCUT2D eigenvalue weighted by Gasteiger charge is 2.44. The van der Waals surface area contributed by atoms with E-state index >= 15 is 0 Å². The van der Waals surface area contributed by atoms with Crippen LogP contribution in [0.3, 0.4) is 0 Å². The lowest BCUT2D eigenvalue weighted by Crippen LogP contribution is -2.50. The summed E-state index contributed by atoms with van der Waals surface area (Å²) in [6.07, 6.45) is 5.11. The molecule has 0 aromatic heterocycles. The molecule has 0 saturated heterocycles. The number of benzene rings is 1. The lowest BCUT2D eigenvalue weighted by atomic mass is 9.59. The van der Waals surface area contributed by atoms with Gasteiger partial charge in [0.05, 0.1) is 0 Å². The van der Waals surface area contributed by atoms with Crippen molar-refractivity contribution in [2.75, 3.05) is 0 Å². The molecule has 1 aliphatic carbocycles. The van der Waals surface area contributed by atoms with E-state index in [0.717, 1.165) is 37.7 Å². The van der Waals surface area contributed by atoms with Gasteiger partial charge < -0.3 is 5.73 Å². The molecule has 94 valence electrons. The summed E-state index contributed by atoms with van der Waals surface area (Å²) in [4.78, 5) is 0. The van der Waals surface area contributed by atoms with E-state index < -0.39 is 0 Å². The maximum Gasteiger partial charge on any atom is 0.128 e. The van der Waals surface area contributed by atoms with E-state index in [0.29, 0.717) is 5.02 Å². The summed E-state index contributed by atoms with van der Waals surface area (Å²) in [5.41, 5.74) is 6.87. The van der Waals surface area contributed by atoms with Crippen molar-refractivity contribution in [1.29, 1.82) is 0 Å². The minimum atomic E-state index is -0.205. The van der Waals surface area contributed by atoms with Crippen molar-refractivity contribution < 1.29 is 4.39 Å². The molecular formula is C14H19ClFN. The molecule has 0 radical (unpaired) electrons. The zero-order valence-corrected chi connectivity index (χ0v) is 10.9. The van der Waals surface area contributed by atoms with E-state index in [9.17, 15) is 4.39 Å². The molecule has 0 spiro atoms. The van der Waals surface area contributed by atoms with Crippen LogP contribution in [0.2, 0.25) is 5.02 Å². The normalized spacial score (nSPS) is 19.8. The second-order valence-corrected chi connectivity index (χ2v) is 5.47. The van der Waals surface area contributed by atoms with E-state index in [1.807, 2.05) is 6.07 Å². The van der Waals surface area contributed by atoms with Crippen LogP contribution in [0.1, 0.15) is 44.6 Å². The van der Waals surface area contributed by atoms with Crippen LogP contribution in [0.25, 0.3) is 0 Å². The second kappa shape index (κ2) is 4.95. The van der Waals surface area contributed by atoms with Crippen LogP contribution in [-0.4, -0.2) is 6.04 Å². The Kier molecular flexibility index (Phi) is 3.74. The van der Waals surface area contributed by atoms with Gasteiger partial charge in [0.25, 0.3) is 0 Å². The van der Waals surface area contributed by atoms with Gasteiger partial charge in [-0.2, -0.15) is 0 Å². The first-order valence-corrected chi connectivity index (χ1v) is 6.69. The molecule has 0 bridgehead atoms. The smallest absolute Gasteiger partial charge is 0.128 e. The van der Waals surface area contributed by atoms with Gasteiger partial charge in [0, 0.05) is 16.5 Å². The van der Waals surface area contributed by atoms with Crippen LogP contribution in [0.4, 0.5) is 4.39 Å². The van der Waals surface area contributed by atoms with Gasteiger partial charge in [0.2, 0.25) is 0 Å². The van der Waals surface area contributed by atoms with Crippen molar-refractivity contribution >= 4 is 11.6 Å². The Hall–Kier alpha value is -0.600. The van der Waals surface area contributed by atoms with Gasteiger partial charge in [-0.25, -0.2) is 4.39 Å². The van der Waals surface area contributed by atoms with Crippen molar-refractivity contribution in [2.45, 2.75) is 50.5 Å². The topological polar surface area (TPSA) is 26.0 Å². The molecule has 1 aromatic carbocycles. The molecule has 1 fully saturated rings. The number of hydrogen-bond acceptors (Lipinski definition) is 1. The fourth-order valence-electron chi connectivity index (χ4n) is 2.88. The summed E-state index contributed by atoms with van der Waals surface area (Å²) in [7, 11) is 0. The maximum atomic E-state index is 14.0. The molecule has 1 unspecified atom stereocenters. The van der Waals surface area contributed by atoms with Gasteiger partial charge in [-0.15, -0.1) is 0 Å². The van der Waals surface area contributed by atoms with Gasteiger partial charge in [-0.3, -0.25) is 0 Å². The predicted octanol–water partition coefficient (Wildman–Crippen LogP) is 4.03. The Morgan fingerprint density at radius 2 is 2.18 bits per heavy atom. The largest absolute Gasteiger partial charge is 0.327 e. The van der Waals surface area contributed by atoms with Crippen LogP contribution < -0.4 is 5.73 Å². The third-order valence-corrected chi connectivity index (χ3v) is 4.26. The fourth-order valence-corrected chi connectivity index (χ4v) is 3.04. The van der Waals surface area contributed by atoms with Gasteiger partial charge in [0.1, 0.15) is 5.82 Å². The van der Waals surface area contributed by atoms with E-state index in [2.05, 4.69) is 6.92 Å². The highest BCUT2D eigenvalue weighted by Crippen LogP contribution is 2.48. The number of hydrogen-bond donors (Lipinski definition) is 1. The van der Waals surface area contributed by atoms with E-state index in [-0.39, 0.29) is 17.3 Å². The van der Waals surface area contributed by atoms with Crippen LogP contribution in [0.5, 0.6) is 0 Å². The summed E-state index contributed by atoms with van der Waals surface area (Å²) < 4.78 is 14.0. The first-order valence-electron chi connectivity index (χ1n) is 6.31. The van der Waals surface area contributed by atoms with Gasteiger partial charge in [0.15, 0.2) is 0 Å². The molecule has 2 rings (SSSR count). The standard InChI is InChI=1S/C14H19ClFN/c1-2-4-13(17)14(7-3-8-14)11-6-5-10(15)9-12(11)16/h5-6,9,13H,2-4,7-8,17H2,1H3. The molecule has 17 heavy (non-hydrogen) atoms. The molecule has 0 amide bonds. The minimum absolute atomic E-state index is 0.0527. The van der Waals surface area contributed by atoms with Crippen LogP contribution in [0, 0.1) is 5.82 Å². The van der Waals surface area contributed by atoms with Crippen molar-refractivity contribution in [2.24, 2.45) is 5.73 Å². The average molecular weight is 256 g/mol. The number of rotatable bonds is 4.